The number of rotatable bonds is 6. The molecule has 1 aliphatic heterocycles. The molecule has 0 unspecified atom stereocenters. The minimum absolute atomic E-state index is 0.0353. The molecule has 138 valence electrons. The topological polar surface area (TPSA) is 45.9 Å². The summed E-state index contributed by atoms with van der Waals surface area (Å²) in [4.78, 5) is 17.1. The molecule has 1 aliphatic carbocycles. The molecule has 1 aromatic carbocycles. The largest absolute Gasteiger partial charge is 0.479 e. The van der Waals surface area contributed by atoms with Crippen LogP contribution in [0.5, 0.6) is 5.75 Å². The number of carbonyl (C=O) groups is 1. The van der Waals surface area contributed by atoms with E-state index in [0.717, 1.165) is 30.3 Å². The van der Waals surface area contributed by atoms with E-state index in [4.69, 9.17) is 9.15 Å². The Kier molecular flexibility index (Phi) is 4.98. The number of amides is 1. The first-order chi connectivity index (χ1) is 12.7. The molecule has 2 aromatic rings. The quantitative estimate of drug-likeness (QED) is 0.791. The lowest BCUT2D eigenvalue weighted by Gasteiger charge is -2.35. The number of furan rings is 1. The average Bonchev–Trinajstić information content (AvgIpc) is 3.35. The monoisotopic (exact) mass is 354 g/mol. The lowest BCUT2D eigenvalue weighted by molar-refractivity contribution is -0.125. The normalized spacial score (nSPS) is 20.5. The second kappa shape index (κ2) is 7.54. The SMILES string of the molecule is C[C@@H]1Oc2ccccc2N(CCN(Cc2ccco2)C2CCCC2)C1=O. The molecule has 0 saturated heterocycles. The van der Waals surface area contributed by atoms with E-state index in [0.29, 0.717) is 12.6 Å². The number of nitrogens with zero attached hydrogens (tertiary/aromatic N) is 2. The highest BCUT2D eigenvalue weighted by Crippen LogP contribution is 2.34. The van der Waals surface area contributed by atoms with E-state index in [1.165, 1.54) is 25.7 Å². The van der Waals surface area contributed by atoms with Crippen LogP contribution in [0.1, 0.15) is 38.4 Å². The molecular formula is C21H26N2O3. The van der Waals surface area contributed by atoms with Crippen molar-refractivity contribution < 1.29 is 13.9 Å². The number of anilines is 1. The maximum absolute atomic E-state index is 12.7. The van der Waals surface area contributed by atoms with Crippen molar-refractivity contribution in [3.63, 3.8) is 0 Å². The maximum Gasteiger partial charge on any atom is 0.267 e. The summed E-state index contributed by atoms with van der Waals surface area (Å²) in [5.74, 6) is 1.81. The van der Waals surface area contributed by atoms with Gasteiger partial charge in [-0.2, -0.15) is 0 Å². The predicted molar refractivity (Wildman–Crippen MR) is 100 cm³/mol. The lowest BCUT2D eigenvalue weighted by Crippen LogP contribution is -2.48. The van der Waals surface area contributed by atoms with Crippen LogP contribution in [0, 0.1) is 0 Å². The number of hydrogen-bond donors (Lipinski definition) is 0. The molecule has 5 heteroatoms. The smallest absolute Gasteiger partial charge is 0.267 e. The first-order valence-electron chi connectivity index (χ1n) is 9.56. The summed E-state index contributed by atoms with van der Waals surface area (Å²) in [7, 11) is 0. The third-order valence-corrected chi connectivity index (χ3v) is 5.46. The minimum Gasteiger partial charge on any atom is -0.479 e. The molecule has 1 aromatic heterocycles. The lowest BCUT2D eigenvalue weighted by atomic mass is 10.1. The molecule has 2 heterocycles. The van der Waals surface area contributed by atoms with Crippen molar-refractivity contribution in [2.24, 2.45) is 0 Å². The highest BCUT2D eigenvalue weighted by atomic mass is 16.5. The molecule has 0 spiro atoms. The standard InChI is InChI=1S/C21H26N2O3/c1-16-21(24)23(19-10-4-5-11-20(19)26-16)13-12-22(17-7-2-3-8-17)15-18-9-6-14-25-18/h4-6,9-11,14,16-17H,2-3,7-8,12-13,15H2,1H3/t16-/m0/s1. The van der Waals surface area contributed by atoms with Crippen LogP contribution >= 0.6 is 0 Å². The summed E-state index contributed by atoms with van der Waals surface area (Å²) in [5, 5.41) is 0. The van der Waals surface area contributed by atoms with E-state index < -0.39 is 6.10 Å². The molecule has 1 saturated carbocycles. The molecule has 2 aliphatic rings. The summed E-state index contributed by atoms with van der Waals surface area (Å²) < 4.78 is 11.3. The molecule has 1 atom stereocenters. The van der Waals surface area contributed by atoms with E-state index in [-0.39, 0.29) is 5.91 Å². The molecule has 4 rings (SSSR count). The van der Waals surface area contributed by atoms with Gasteiger partial charge in [-0.3, -0.25) is 9.69 Å². The second-order valence-corrected chi connectivity index (χ2v) is 7.21. The van der Waals surface area contributed by atoms with Gasteiger partial charge in [-0.1, -0.05) is 25.0 Å². The molecule has 1 fully saturated rings. The van der Waals surface area contributed by atoms with Gasteiger partial charge in [0.2, 0.25) is 0 Å². The van der Waals surface area contributed by atoms with E-state index in [1.54, 1.807) is 6.26 Å². The predicted octanol–water partition coefficient (Wildman–Crippen LogP) is 3.84. The van der Waals surface area contributed by atoms with Crippen molar-refractivity contribution in [1.82, 2.24) is 4.90 Å². The van der Waals surface area contributed by atoms with Crippen molar-refractivity contribution in [2.75, 3.05) is 18.0 Å². The van der Waals surface area contributed by atoms with Gasteiger partial charge < -0.3 is 14.1 Å². The molecular weight excluding hydrogens is 328 g/mol. The van der Waals surface area contributed by atoms with Gasteiger partial charge in [0, 0.05) is 19.1 Å². The Hall–Kier alpha value is -2.27. The fourth-order valence-corrected chi connectivity index (χ4v) is 4.08. The first-order valence-corrected chi connectivity index (χ1v) is 9.56. The van der Waals surface area contributed by atoms with Crippen LogP contribution < -0.4 is 9.64 Å². The second-order valence-electron chi connectivity index (χ2n) is 7.21. The molecule has 5 nitrogen and oxygen atoms in total. The summed E-state index contributed by atoms with van der Waals surface area (Å²) >= 11 is 0. The Bertz CT molecular complexity index is 737. The number of ether oxygens (including phenoxy) is 1. The van der Waals surface area contributed by atoms with Crippen LogP contribution in [0.4, 0.5) is 5.69 Å². The Labute approximate surface area is 154 Å². The van der Waals surface area contributed by atoms with Crippen molar-refractivity contribution in [2.45, 2.75) is 51.3 Å². The zero-order chi connectivity index (χ0) is 17.9. The van der Waals surface area contributed by atoms with Crippen LogP contribution in [-0.4, -0.2) is 36.0 Å². The molecule has 26 heavy (non-hydrogen) atoms. The summed E-state index contributed by atoms with van der Waals surface area (Å²) in [5.41, 5.74) is 0.875. The Morgan fingerprint density at radius 1 is 1.15 bits per heavy atom. The number of carbonyl (C=O) groups excluding carboxylic acids is 1. The van der Waals surface area contributed by atoms with Crippen molar-refractivity contribution in [1.29, 1.82) is 0 Å². The van der Waals surface area contributed by atoms with E-state index in [2.05, 4.69) is 4.90 Å². The van der Waals surface area contributed by atoms with Gasteiger partial charge in [-0.25, -0.2) is 0 Å². The number of benzene rings is 1. The van der Waals surface area contributed by atoms with Gasteiger partial charge in [0.05, 0.1) is 18.5 Å². The Balaban J connectivity index is 1.50. The maximum atomic E-state index is 12.7. The zero-order valence-corrected chi connectivity index (χ0v) is 15.3. The first kappa shape index (κ1) is 17.2. The van der Waals surface area contributed by atoms with Crippen LogP contribution in [0.3, 0.4) is 0 Å². The highest BCUT2D eigenvalue weighted by Gasteiger charge is 2.32. The van der Waals surface area contributed by atoms with Crippen LogP contribution in [-0.2, 0) is 11.3 Å². The van der Waals surface area contributed by atoms with Crippen molar-refractivity contribution >= 4 is 11.6 Å². The minimum atomic E-state index is -0.435. The van der Waals surface area contributed by atoms with E-state index >= 15 is 0 Å². The summed E-state index contributed by atoms with van der Waals surface area (Å²) in [6, 6.07) is 12.3. The van der Waals surface area contributed by atoms with Gasteiger partial charge in [-0.05, 0) is 44.0 Å². The van der Waals surface area contributed by atoms with E-state index in [1.807, 2.05) is 48.2 Å². The molecule has 0 N–H and O–H groups in total. The fourth-order valence-electron chi connectivity index (χ4n) is 4.08. The van der Waals surface area contributed by atoms with Crippen LogP contribution in [0.2, 0.25) is 0 Å². The third-order valence-electron chi connectivity index (χ3n) is 5.46. The van der Waals surface area contributed by atoms with Gasteiger partial charge in [-0.15, -0.1) is 0 Å². The average molecular weight is 354 g/mol. The Morgan fingerprint density at radius 2 is 1.96 bits per heavy atom. The van der Waals surface area contributed by atoms with Gasteiger partial charge in [0.25, 0.3) is 5.91 Å². The number of para-hydroxylation sites is 2. The van der Waals surface area contributed by atoms with Gasteiger partial charge >= 0.3 is 0 Å². The molecule has 1 amide bonds. The van der Waals surface area contributed by atoms with Crippen LogP contribution in [0.15, 0.2) is 47.1 Å². The number of hydrogen-bond acceptors (Lipinski definition) is 4. The Morgan fingerprint density at radius 3 is 2.73 bits per heavy atom. The summed E-state index contributed by atoms with van der Waals surface area (Å²) in [6.07, 6.45) is 6.32. The van der Waals surface area contributed by atoms with Gasteiger partial charge in [0.1, 0.15) is 11.5 Å². The highest BCUT2D eigenvalue weighted by molar-refractivity contribution is 5.99. The third kappa shape index (κ3) is 3.49. The number of fused-ring (bicyclic) bond motifs is 1. The van der Waals surface area contributed by atoms with Gasteiger partial charge in [0.15, 0.2) is 6.10 Å². The van der Waals surface area contributed by atoms with E-state index in [9.17, 15) is 4.79 Å². The summed E-state index contributed by atoms with van der Waals surface area (Å²) in [6.45, 7) is 4.12. The van der Waals surface area contributed by atoms with Crippen molar-refractivity contribution in [3.05, 3.63) is 48.4 Å². The fraction of sp³-hybridized carbons (Fsp3) is 0.476. The van der Waals surface area contributed by atoms with Crippen molar-refractivity contribution in [3.8, 4) is 5.75 Å². The molecule has 0 bridgehead atoms. The zero-order valence-electron chi connectivity index (χ0n) is 15.3. The molecule has 0 radical (unpaired) electrons. The van der Waals surface area contributed by atoms with Crippen LogP contribution in [0.25, 0.3) is 0 Å².